The van der Waals surface area contributed by atoms with Crippen LogP contribution in [0.3, 0.4) is 0 Å². The molecule has 1 aromatic heterocycles. The number of hydrogen-bond acceptors (Lipinski definition) is 2. The van der Waals surface area contributed by atoms with Gasteiger partial charge >= 0.3 is 102 Å². The van der Waals surface area contributed by atoms with E-state index in [2.05, 4.69) is 66.7 Å². The third kappa shape index (κ3) is 5.38. The van der Waals surface area contributed by atoms with Gasteiger partial charge in [0.1, 0.15) is 11.2 Å². The molecule has 5 rings (SSSR count). The Hall–Kier alpha value is -2.43. The van der Waals surface area contributed by atoms with Crippen molar-refractivity contribution in [3.8, 4) is 0 Å². The maximum absolute atomic E-state index is 5.73. The molecule has 0 fully saturated rings. The summed E-state index contributed by atoms with van der Waals surface area (Å²) in [5, 5.41) is 1.86. The Morgan fingerprint density at radius 3 is 1.90 bits per heavy atom. The number of para-hydroxylation sites is 1. The Morgan fingerprint density at radius 2 is 1.23 bits per heavy atom. The van der Waals surface area contributed by atoms with Gasteiger partial charge < -0.3 is 4.42 Å². The van der Waals surface area contributed by atoms with E-state index in [-0.39, 0.29) is 21.1 Å². The van der Waals surface area contributed by atoms with Crippen LogP contribution >= 0.6 is 12.2 Å². The van der Waals surface area contributed by atoms with Crippen LogP contribution in [0.2, 0.25) is 0 Å². The molecule has 0 N–H and O–H groups in total. The zero-order chi connectivity index (χ0) is 20.6. The average molecular weight is 512 g/mol. The first-order valence-electron chi connectivity index (χ1n) is 9.92. The van der Waals surface area contributed by atoms with Crippen LogP contribution in [0.15, 0.2) is 108 Å². The van der Waals surface area contributed by atoms with E-state index in [4.69, 9.17) is 16.6 Å². The van der Waals surface area contributed by atoms with Crippen molar-refractivity contribution in [1.82, 2.24) is 0 Å². The van der Waals surface area contributed by atoms with Crippen LogP contribution in [-0.2, 0) is 8.87 Å². The first kappa shape index (κ1) is 20.8. The minimum absolute atomic E-state index is 0.258. The second-order valence-corrected chi connectivity index (χ2v) is 10.8. The second kappa shape index (κ2) is 10.6. The quantitative estimate of drug-likeness (QED) is 0.144. The third-order valence-corrected chi connectivity index (χ3v) is 8.92. The standard InChI is InChI=1S/C13H7OS.2C7H7.Sn/c15-13-9-5-1-3-7-11(9)14-12-8-4-2-6-10(12)13;2*1-7-5-3-2-4-6-7;/h1-5,7-8H;2*2-6H,1H2;. The Morgan fingerprint density at radius 1 is 0.667 bits per heavy atom. The molecule has 1 nitrogen and oxygen atoms in total. The van der Waals surface area contributed by atoms with Crippen molar-refractivity contribution >= 4 is 55.3 Å². The normalized spacial score (nSPS) is 10.5. The molecular weight excluding hydrogens is 491 g/mol. The van der Waals surface area contributed by atoms with Gasteiger partial charge in [0.25, 0.3) is 0 Å². The van der Waals surface area contributed by atoms with Crippen molar-refractivity contribution in [2.45, 2.75) is 8.87 Å². The summed E-state index contributed by atoms with van der Waals surface area (Å²) in [4.78, 5) is 0. The molecule has 0 aliphatic carbocycles. The van der Waals surface area contributed by atoms with Crippen molar-refractivity contribution in [3.05, 3.63) is 125 Å². The van der Waals surface area contributed by atoms with Crippen molar-refractivity contribution in [1.29, 1.82) is 0 Å². The Labute approximate surface area is 192 Å². The molecule has 0 atom stereocenters. The van der Waals surface area contributed by atoms with Gasteiger partial charge in [0.15, 0.2) is 0 Å². The molecule has 5 aromatic rings. The van der Waals surface area contributed by atoms with Gasteiger partial charge in [-0.15, -0.1) is 0 Å². The van der Waals surface area contributed by atoms with E-state index in [9.17, 15) is 0 Å². The molecule has 145 valence electrons. The molecule has 0 aliphatic rings. The van der Waals surface area contributed by atoms with Crippen molar-refractivity contribution < 1.29 is 4.42 Å². The zero-order valence-electron chi connectivity index (χ0n) is 16.5. The SMILES string of the molecule is S=c1c2[c]cccc2oc2ccccc12.c1ccc([CH2][Sn][CH2]c2ccccc2)cc1. The van der Waals surface area contributed by atoms with Gasteiger partial charge in [-0.1, -0.05) is 36.5 Å². The fourth-order valence-electron chi connectivity index (χ4n) is 3.22. The number of fused-ring (bicyclic) bond motifs is 2. The summed E-state index contributed by atoms with van der Waals surface area (Å²) in [7, 11) is 0. The van der Waals surface area contributed by atoms with Gasteiger partial charge in [0, 0.05) is 10.8 Å². The third-order valence-electron chi connectivity index (χ3n) is 4.74. The van der Waals surface area contributed by atoms with E-state index in [0.717, 1.165) is 26.4 Å². The summed E-state index contributed by atoms with van der Waals surface area (Å²) in [6.45, 7) is 0. The maximum atomic E-state index is 5.73. The van der Waals surface area contributed by atoms with E-state index in [1.807, 2.05) is 42.5 Å². The first-order valence-corrected chi connectivity index (χ1v) is 14.4. The van der Waals surface area contributed by atoms with Crippen LogP contribution in [0.25, 0.3) is 21.9 Å². The van der Waals surface area contributed by atoms with Gasteiger partial charge in [-0.2, -0.15) is 0 Å². The minimum atomic E-state index is -0.258. The molecule has 30 heavy (non-hydrogen) atoms. The van der Waals surface area contributed by atoms with Gasteiger partial charge in [0.2, 0.25) is 0 Å². The molecule has 3 heteroatoms. The Kier molecular flexibility index (Phi) is 7.33. The summed E-state index contributed by atoms with van der Waals surface area (Å²) < 4.78 is 9.23. The van der Waals surface area contributed by atoms with Crippen LogP contribution in [-0.4, -0.2) is 21.1 Å². The van der Waals surface area contributed by atoms with Crippen molar-refractivity contribution in [3.63, 3.8) is 0 Å². The average Bonchev–Trinajstić information content (AvgIpc) is 2.81. The van der Waals surface area contributed by atoms with Crippen LogP contribution in [0.4, 0.5) is 0 Å². The zero-order valence-corrected chi connectivity index (χ0v) is 20.2. The van der Waals surface area contributed by atoms with Gasteiger partial charge in [-0.05, 0) is 24.3 Å². The molecule has 0 saturated heterocycles. The summed E-state index contributed by atoms with van der Waals surface area (Å²) in [5.74, 6) is 0. The molecule has 0 unspecified atom stereocenters. The molecule has 0 amide bonds. The van der Waals surface area contributed by atoms with Crippen LogP contribution in [0.5, 0.6) is 0 Å². The molecule has 0 spiro atoms. The van der Waals surface area contributed by atoms with Crippen molar-refractivity contribution in [2.75, 3.05) is 0 Å². The van der Waals surface area contributed by atoms with Crippen LogP contribution in [0.1, 0.15) is 11.1 Å². The topological polar surface area (TPSA) is 13.1 Å². The van der Waals surface area contributed by atoms with E-state index in [0.29, 0.717) is 0 Å². The summed E-state index contributed by atoms with van der Waals surface area (Å²) >= 11 is 5.15. The predicted molar refractivity (Wildman–Crippen MR) is 129 cm³/mol. The Balaban J connectivity index is 0.000000145. The summed E-state index contributed by atoms with van der Waals surface area (Å²) in [5.41, 5.74) is 4.65. The van der Waals surface area contributed by atoms with Crippen LogP contribution in [0, 0.1) is 10.6 Å². The first-order chi connectivity index (χ1) is 14.8. The molecule has 1 heterocycles. The van der Waals surface area contributed by atoms with E-state index >= 15 is 0 Å². The molecular formula is C27H21OSSn. The monoisotopic (exact) mass is 513 g/mol. The van der Waals surface area contributed by atoms with E-state index in [1.165, 1.54) is 20.0 Å². The second-order valence-electron chi connectivity index (χ2n) is 6.91. The summed E-state index contributed by atoms with van der Waals surface area (Å²) in [6, 6.07) is 38.3. The number of hydrogen-bond donors (Lipinski definition) is 0. The molecule has 0 saturated carbocycles. The number of rotatable bonds is 4. The molecule has 4 aromatic carbocycles. The predicted octanol–water partition coefficient (Wildman–Crippen LogP) is 7.21. The molecule has 0 aliphatic heterocycles. The molecule has 0 bridgehead atoms. The summed E-state index contributed by atoms with van der Waals surface area (Å²) in [6.07, 6.45) is 0. The van der Waals surface area contributed by atoms with E-state index < -0.39 is 0 Å². The van der Waals surface area contributed by atoms with E-state index in [1.54, 1.807) is 0 Å². The number of benzene rings is 4. The van der Waals surface area contributed by atoms with Crippen molar-refractivity contribution in [2.24, 2.45) is 0 Å². The van der Waals surface area contributed by atoms with Gasteiger partial charge in [-0.25, -0.2) is 0 Å². The van der Waals surface area contributed by atoms with Gasteiger partial charge in [0.05, 0.1) is 4.51 Å². The fourth-order valence-corrected chi connectivity index (χ4v) is 6.90. The van der Waals surface area contributed by atoms with Crippen LogP contribution < -0.4 is 0 Å². The van der Waals surface area contributed by atoms with Gasteiger partial charge in [-0.3, -0.25) is 0 Å². The Bertz CT molecular complexity index is 1180. The fraction of sp³-hybridized carbons (Fsp3) is 0.0741. The molecule has 3 radical (unpaired) electrons.